The zero-order chi connectivity index (χ0) is 9.26. The van der Waals surface area contributed by atoms with Crippen molar-refractivity contribution in [1.82, 2.24) is 20.2 Å². The van der Waals surface area contributed by atoms with E-state index in [0.29, 0.717) is 5.82 Å². The summed E-state index contributed by atoms with van der Waals surface area (Å²) in [5.41, 5.74) is 5.26. The fourth-order valence-electron chi connectivity index (χ4n) is 1.63. The van der Waals surface area contributed by atoms with Crippen LogP contribution in [0.25, 0.3) is 0 Å². The van der Waals surface area contributed by atoms with Crippen LogP contribution in [0.5, 0.6) is 0 Å². The number of aromatic nitrogens is 4. The van der Waals surface area contributed by atoms with Crippen molar-refractivity contribution in [2.45, 2.75) is 31.7 Å². The molecule has 1 aromatic heterocycles. The number of carbonyl (C=O) groups is 1. The number of hydrogen-bond donors (Lipinski definition) is 1. The average molecular weight is 181 g/mol. The Morgan fingerprint density at radius 3 is 3.15 bits per heavy atom. The first-order valence-electron chi connectivity index (χ1n) is 4.34. The lowest BCUT2D eigenvalue weighted by molar-refractivity contribution is -0.119. The highest BCUT2D eigenvalue weighted by Crippen LogP contribution is 2.22. The molecule has 13 heavy (non-hydrogen) atoms. The minimum Gasteiger partial charge on any atom is -0.369 e. The van der Waals surface area contributed by atoms with Crippen LogP contribution in [-0.2, 0) is 11.3 Å². The zero-order valence-corrected chi connectivity index (χ0v) is 7.18. The fraction of sp³-hybridized carbons (Fsp3) is 0.714. The van der Waals surface area contributed by atoms with E-state index in [9.17, 15) is 4.79 Å². The van der Waals surface area contributed by atoms with Gasteiger partial charge in [-0.3, -0.25) is 4.79 Å². The summed E-state index contributed by atoms with van der Waals surface area (Å²) in [4.78, 5) is 11.1. The molecular formula is C7H11N5O. The van der Waals surface area contributed by atoms with E-state index < -0.39 is 0 Å². The van der Waals surface area contributed by atoms with Gasteiger partial charge < -0.3 is 5.73 Å². The molecule has 2 heterocycles. The molecule has 1 aliphatic rings. The van der Waals surface area contributed by atoms with Crippen LogP contribution in [0, 0.1) is 0 Å². The van der Waals surface area contributed by atoms with E-state index in [1.165, 1.54) is 0 Å². The molecule has 6 nitrogen and oxygen atoms in total. The summed E-state index contributed by atoms with van der Waals surface area (Å²) in [5.74, 6) is -0.0274. The van der Waals surface area contributed by atoms with Crippen LogP contribution in [-0.4, -0.2) is 26.1 Å². The van der Waals surface area contributed by atoms with Gasteiger partial charge in [0.25, 0.3) is 0 Å². The average Bonchev–Trinajstić information content (AvgIpc) is 2.44. The predicted molar refractivity (Wildman–Crippen MR) is 43.6 cm³/mol. The Hall–Kier alpha value is -1.46. The van der Waals surface area contributed by atoms with Gasteiger partial charge in [-0.1, -0.05) is 6.42 Å². The van der Waals surface area contributed by atoms with Gasteiger partial charge in [-0.2, -0.15) is 0 Å². The number of aryl methyl sites for hydroxylation is 1. The monoisotopic (exact) mass is 181 g/mol. The molecule has 2 N–H and O–H groups in total. The molecule has 1 atom stereocenters. The number of tetrazole rings is 1. The van der Waals surface area contributed by atoms with Crippen molar-refractivity contribution < 1.29 is 4.79 Å². The van der Waals surface area contributed by atoms with Crippen LogP contribution in [0.2, 0.25) is 0 Å². The molecule has 6 heteroatoms. The van der Waals surface area contributed by atoms with Crippen molar-refractivity contribution in [3.05, 3.63) is 5.82 Å². The first kappa shape index (κ1) is 8.15. The van der Waals surface area contributed by atoms with E-state index in [1.807, 2.05) is 0 Å². The molecule has 1 amide bonds. The van der Waals surface area contributed by atoms with E-state index in [4.69, 9.17) is 5.73 Å². The molecule has 1 aromatic rings. The third-order valence-electron chi connectivity index (χ3n) is 2.33. The van der Waals surface area contributed by atoms with E-state index >= 15 is 0 Å². The molecule has 0 saturated carbocycles. The molecule has 0 bridgehead atoms. The Balaban J connectivity index is 2.36. The van der Waals surface area contributed by atoms with Crippen molar-refractivity contribution in [3.8, 4) is 0 Å². The SMILES string of the molecule is NC(=O)C1CCCCn2nnnc21. The molecule has 70 valence electrons. The quantitative estimate of drug-likeness (QED) is 0.628. The lowest BCUT2D eigenvalue weighted by Gasteiger charge is -2.06. The maximum absolute atomic E-state index is 11.1. The minimum atomic E-state index is -0.335. The smallest absolute Gasteiger partial charge is 0.228 e. The van der Waals surface area contributed by atoms with Gasteiger partial charge in [0.05, 0.1) is 5.92 Å². The molecule has 0 saturated heterocycles. The van der Waals surface area contributed by atoms with Gasteiger partial charge in [0.1, 0.15) is 0 Å². The van der Waals surface area contributed by atoms with Crippen molar-refractivity contribution >= 4 is 5.91 Å². The Labute approximate surface area is 75.1 Å². The van der Waals surface area contributed by atoms with Gasteiger partial charge in [-0.05, 0) is 23.3 Å². The highest BCUT2D eigenvalue weighted by atomic mass is 16.1. The lowest BCUT2D eigenvalue weighted by Crippen LogP contribution is -2.23. The second kappa shape index (κ2) is 3.12. The zero-order valence-electron chi connectivity index (χ0n) is 7.18. The molecule has 1 unspecified atom stereocenters. The standard InChI is InChI=1S/C7H11N5O/c8-6(13)5-3-1-2-4-12-7(5)9-10-11-12/h5H,1-4H2,(H2,8,13). The van der Waals surface area contributed by atoms with Crippen LogP contribution in [0.4, 0.5) is 0 Å². The second-order valence-corrected chi connectivity index (χ2v) is 3.21. The number of carbonyl (C=O) groups excluding carboxylic acids is 1. The summed E-state index contributed by atoms with van der Waals surface area (Å²) in [5, 5.41) is 11.2. The van der Waals surface area contributed by atoms with E-state index in [0.717, 1.165) is 25.8 Å². The topological polar surface area (TPSA) is 86.7 Å². The number of hydrogen-bond acceptors (Lipinski definition) is 4. The molecule has 0 aromatic carbocycles. The number of nitrogens with zero attached hydrogens (tertiary/aromatic N) is 4. The van der Waals surface area contributed by atoms with E-state index in [-0.39, 0.29) is 11.8 Å². The summed E-state index contributed by atoms with van der Waals surface area (Å²) >= 11 is 0. The van der Waals surface area contributed by atoms with Crippen LogP contribution in [0.15, 0.2) is 0 Å². The highest BCUT2D eigenvalue weighted by molar-refractivity contribution is 5.80. The van der Waals surface area contributed by atoms with Crippen molar-refractivity contribution in [1.29, 1.82) is 0 Å². The lowest BCUT2D eigenvalue weighted by atomic mass is 10.0. The molecule has 2 rings (SSSR count). The van der Waals surface area contributed by atoms with Crippen LogP contribution < -0.4 is 5.73 Å². The first-order chi connectivity index (χ1) is 6.29. The van der Waals surface area contributed by atoms with Crippen LogP contribution in [0.1, 0.15) is 31.0 Å². The van der Waals surface area contributed by atoms with Gasteiger partial charge in [0.15, 0.2) is 5.82 Å². The minimum absolute atomic E-state index is 0.308. The Morgan fingerprint density at radius 2 is 2.38 bits per heavy atom. The number of amides is 1. The summed E-state index contributed by atoms with van der Waals surface area (Å²) in [7, 11) is 0. The number of nitrogens with two attached hydrogens (primary N) is 1. The number of rotatable bonds is 1. The molecule has 0 fully saturated rings. The maximum Gasteiger partial charge on any atom is 0.228 e. The normalized spacial score (nSPS) is 22.0. The van der Waals surface area contributed by atoms with Gasteiger partial charge in [-0.15, -0.1) is 5.10 Å². The molecule has 0 aliphatic carbocycles. The number of fused-ring (bicyclic) bond motifs is 1. The molecular weight excluding hydrogens is 170 g/mol. The first-order valence-corrected chi connectivity index (χ1v) is 4.34. The van der Waals surface area contributed by atoms with Crippen molar-refractivity contribution in [2.24, 2.45) is 5.73 Å². The Bertz CT molecular complexity index is 320. The maximum atomic E-state index is 11.1. The Kier molecular flexibility index (Phi) is 1.96. The third-order valence-corrected chi connectivity index (χ3v) is 2.33. The fourth-order valence-corrected chi connectivity index (χ4v) is 1.63. The van der Waals surface area contributed by atoms with Gasteiger partial charge >= 0.3 is 0 Å². The molecule has 0 radical (unpaired) electrons. The number of primary amides is 1. The van der Waals surface area contributed by atoms with Crippen LogP contribution in [0.3, 0.4) is 0 Å². The second-order valence-electron chi connectivity index (χ2n) is 3.21. The largest absolute Gasteiger partial charge is 0.369 e. The van der Waals surface area contributed by atoms with E-state index in [1.54, 1.807) is 4.68 Å². The van der Waals surface area contributed by atoms with Gasteiger partial charge in [0.2, 0.25) is 5.91 Å². The summed E-state index contributed by atoms with van der Waals surface area (Å²) < 4.78 is 1.67. The molecule has 0 spiro atoms. The third kappa shape index (κ3) is 1.39. The highest BCUT2D eigenvalue weighted by Gasteiger charge is 2.26. The summed E-state index contributed by atoms with van der Waals surface area (Å²) in [6.07, 6.45) is 2.75. The molecule has 1 aliphatic heterocycles. The predicted octanol–water partition coefficient (Wildman–Crippen LogP) is -0.574. The summed E-state index contributed by atoms with van der Waals surface area (Å²) in [6, 6.07) is 0. The Morgan fingerprint density at radius 1 is 1.54 bits per heavy atom. The van der Waals surface area contributed by atoms with E-state index in [2.05, 4.69) is 15.5 Å². The summed E-state index contributed by atoms with van der Waals surface area (Å²) in [6.45, 7) is 0.784. The van der Waals surface area contributed by atoms with Gasteiger partial charge in [-0.25, -0.2) is 4.68 Å². The van der Waals surface area contributed by atoms with Gasteiger partial charge in [0, 0.05) is 6.54 Å². The van der Waals surface area contributed by atoms with Crippen LogP contribution >= 0.6 is 0 Å². The van der Waals surface area contributed by atoms with Crippen molar-refractivity contribution in [3.63, 3.8) is 0 Å². The van der Waals surface area contributed by atoms with Crippen molar-refractivity contribution in [2.75, 3.05) is 0 Å².